The molecule has 0 heterocycles. The van der Waals surface area contributed by atoms with Crippen molar-refractivity contribution < 1.29 is 4.74 Å². The van der Waals surface area contributed by atoms with E-state index in [9.17, 15) is 0 Å². The highest BCUT2D eigenvalue weighted by Gasteiger charge is 2.22. The predicted molar refractivity (Wildman–Crippen MR) is 76.7 cm³/mol. The maximum Gasteiger partial charge on any atom is 0.120 e. The van der Waals surface area contributed by atoms with E-state index in [4.69, 9.17) is 4.74 Å². The molecule has 0 spiro atoms. The number of benzene rings is 1. The Kier molecular flexibility index (Phi) is 5.32. The second kappa shape index (κ2) is 6.06. The third-order valence-electron chi connectivity index (χ3n) is 2.70. The molecule has 1 aromatic carbocycles. The molecule has 1 aromatic rings. The van der Waals surface area contributed by atoms with Gasteiger partial charge in [0, 0.05) is 9.80 Å². The van der Waals surface area contributed by atoms with Gasteiger partial charge in [-0.25, -0.2) is 0 Å². The molecule has 0 atom stereocenters. The number of hydrogen-bond donors (Lipinski definition) is 0. The third-order valence-corrected chi connectivity index (χ3v) is 3.75. The molecule has 0 fully saturated rings. The summed E-state index contributed by atoms with van der Waals surface area (Å²) in [5.41, 5.74) is 1.50. The average molecular weight is 350 g/mol. The minimum Gasteiger partial charge on any atom is -0.494 e. The van der Waals surface area contributed by atoms with E-state index in [2.05, 4.69) is 57.8 Å². The number of rotatable bonds is 5. The van der Waals surface area contributed by atoms with E-state index in [1.807, 2.05) is 13.0 Å². The lowest BCUT2D eigenvalue weighted by atomic mass is 9.82. The minimum atomic E-state index is 0.174. The van der Waals surface area contributed by atoms with Crippen LogP contribution in [0.1, 0.15) is 32.8 Å². The van der Waals surface area contributed by atoms with Crippen LogP contribution in [0, 0.1) is 0 Å². The molecule has 0 amide bonds. The zero-order chi connectivity index (χ0) is 12.2. The molecule has 3 heteroatoms. The minimum absolute atomic E-state index is 0.174. The number of hydrogen-bond acceptors (Lipinski definition) is 1. The summed E-state index contributed by atoms with van der Waals surface area (Å²) in [4.78, 5) is 0. The summed E-state index contributed by atoms with van der Waals surface area (Å²) in [5, 5.41) is 1.01. The number of alkyl halides is 1. The van der Waals surface area contributed by atoms with Crippen LogP contribution < -0.4 is 4.74 Å². The molecule has 0 unspecified atom stereocenters. The molecule has 0 bridgehead atoms. The first-order chi connectivity index (χ1) is 7.51. The molecule has 0 aromatic heterocycles. The van der Waals surface area contributed by atoms with Gasteiger partial charge in [-0.3, -0.25) is 0 Å². The van der Waals surface area contributed by atoms with Crippen molar-refractivity contribution in [3.05, 3.63) is 28.2 Å². The van der Waals surface area contributed by atoms with Gasteiger partial charge in [0.1, 0.15) is 5.75 Å². The van der Waals surface area contributed by atoms with Gasteiger partial charge in [-0.15, -0.1) is 0 Å². The van der Waals surface area contributed by atoms with E-state index < -0.39 is 0 Å². The molecule has 0 saturated carbocycles. The summed E-state index contributed by atoms with van der Waals surface area (Å²) < 4.78 is 6.60. The standard InChI is InChI=1S/C13H18Br2O/c1-4-16-10-5-6-11(12(15)9-10)13(2,3)7-8-14/h5-6,9H,4,7-8H2,1-3H3. The third kappa shape index (κ3) is 3.49. The molecule has 1 nitrogen and oxygen atoms in total. The van der Waals surface area contributed by atoms with Gasteiger partial charge in [-0.2, -0.15) is 0 Å². The SMILES string of the molecule is CCOc1ccc(C(C)(C)CCBr)c(Br)c1. The van der Waals surface area contributed by atoms with E-state index in [1.54, 1.807) is 0 Å². The lowest BCUT2D eigenvalue weighted by Crippen LogP contribution is -2.18. The van der Waals surface area contributed by atoms with Crippen molar-refractivity contribution in [1.82, 2.24) is 0 Å². The molecule has 0 N–H and O–H groups in total. The molecule has 0 saturated heterocycles. The molecule has 16 heavy (non-hydrogen) atoms. The second-order valence-corrected chi connectivity index (χ2v) is 6.04. The van der Waals surface area contributed by atoms with Crippen molar-refractivity contribution in [2.75, 3.05) is 11.9 Å². The fourth-order valence-electron chi connectivity index (χ4n) is 1.67. The summed E-state index contributed by atoms with van der Waals surface area (Å²) in [5.74, 6) is 0.924. The molecular formula is C13H18Br2O. The van der Waals surface area contributed by atoms with Gasteiger partial charge in [-0.1, -0.05) is 51.8 Å². The molecular weight excluding hydrogens is 332 g/mol. The summed E-state index contributed by atoms with van der Waals surface area (Å²) in [6.07, 6.45) is 1.11. The molecule has 1 rings (SSSR count). The van der Waals surface area contributed by atoms with Crippen molar-refractivity contribution in [3.8, 4) is 5.75 Å². The summed E-state index contributed by atoms with van der Waals surface area (Å²) in [6, 6.07) is 6.24. The van der Waals surface area contributed by atoms with E-state index in [1.165, 1.54) is 5.56 Å². The van der Waals surface area contributed by atoms with Gasteiger partial charge in [0.15, 0.2) is 0 Å². The summed E-state index contributed by atoms with van der Waals surface area (Å²) in [6.45, 7) is 7.22. The van der Waals surface area contributed by atoms with E-state index >= 15 is 0 Å². The zero-order valence-electron chi connectivity index (χ0n) is 10.0. The van der Waals surface area contributed by atoms with Crippen LogP contribution in [0.2, 0.25) is 0 Å². The van der Waals surface area contributed by atoms with Gasteiger partial charge < -0.3 is 4.74 Å². The second-order valence-electron chi connectivity index (χ2n) is 4.40. The van der Waals surface area contributed by atoms with Gasteiger partial charge in [0.2, 0.25) is 0 Å². The Labute approximate surface area is 115 Å². The first-order valence-corrected chi connectivity index (χ1v) is 7.41. The quantitative estimate of drug-likeness (QED) is 0.686. The van der Waals surface area contributed by atoms with Gasteiger partial charge in [-0.05, 0) is 36.5 Å². The predicted octanol–water partition coefficient (Wildman–Crippen LogP) is 4.91. The highest BCUT2D eigenvalue weighted by atomic mass is 79.9. The Morgan fingerprint density at radius 1 is 1.31 bits per heavy atom. The normalized spacial score (nSPS) is 11.6. The molecule has 0 aliphatic heterocycles. The van der Waals surface area contributed by atoms with E-state index in [-0.39, 0.29) is 5.41 Å². The van der Waals surface area contributed by atoms with Crippen molar-refractivity contribution in [1.29, 1.82) is 0 Å². The van der Waals surface area contributed by atoms with Crippen LogP contribution in [-0.4, -0.2) is 11.9 Å². The fraction of sp³-hybridized carbons (Fsp3) is 0.538. The van der Waals surface area contributed by atoms with Crippen LogP contribution in [0.4, 0.5) is 0 Å². The van der Waals surface area contributed by atoms with Crippen molar-refractivity contribution in [2.45, 2.75) is 32.6 Å². The van der Waals surface area contributed by atoms with Crippen LogP contribution in [0.5, 0.6) is 5.75 Å². The van der Waals surface area contributed by atoms with Crippen LogP contribution in [0.15, 0.2) is 22.7 Å². The first kappa shape index (κ1) is 14.0. The van der Waals surface area contributed by atoms with Crippen molar-refractivity contribution in [2.24, 2.45) is 0 Å². The Bertz CT molecular complexity index is 348. The lowest BCUT2D eigenvalue weighted by Gasteiger charge is -2.26. The van der Waals surface area contributed by atoms with E-state index in [0.717, 1.165) is 22.0 Å². The molecule has 0 aliphatic rings. The maximum atomic E-state index is 5.48. The fourth-order valence-corrected chi connectivity index (χ4v) is 3.56. The zero-order valence-corrected chi connectivity index (χ0v) is 13.2. The van der Waals surface area contributed by atoms with Crippen molar-refractivity contribution in [3.63, 3.8) is 0 Å². The lowest BCUT2D eigenvalue weighted by molar-refractivity contribution is 0.339. The smallest absolute Gasteiger partial charge is 0.120 e. The monoisotopic (exact) mass is 348 g/mol. The van der Waals surface area contributed by atoms with Gasteiger partial charge in [0.25, 0.3) is 0 Å². The summed E-state index contributed by atoms with van der Waals surface area (Å²) in [7, 11) is 0. The average Bonchev–Trinajstić information content (AvgIpc) is 2.17. The molecule has 0 radical (unpaired) electrons. The Morgan fingerprint density at radius 2 is 2.00 bits per heavy atom. The maximum absolute atomic E-state index is 5.48. The first-order valence-electron chi connectivity index (χ1n) is 5.50. The van der Waals surface area contributed by atoms with Gasteiger partial charge >= 0.3 is 0 Å². The van der Waals surface area contributed by atoms with Crippen molar-refractivity contribution >= 4 is 31.9 Å². The Morgan fingerprint density at radius 3 is 2.50 bits per heavy atom. The number of ether oxygens (including phenoxy) is 1. The van der Waals surface area contributed by atoms with Gasteiger partial charge in [0.05, 0.1) is 6.61 Å². The highest BCUT2D eigenvalue weighted by Crippen LogP contribution is 2.35. The molecule has 90 valence electrons. The van der Waals surface area contributed by atoms with Crippen LogP contribution in [-0.2, 0) is 5.41 Å². The summed E-state index contributed by atoms with van der Waals surface area (Å²) >= 11 is 7.13. The van der Waals surface area contributed by atoms with Crippen LogP contribution in [0.3, 0.4) is 0 Å². The largest absolute Gasteiger partial charge is 0.494 e. The van der Waals surface area contributed by atoms with Crippen LogP contribution in [0.25, 0.3) is 0 Å². The highest BCUT2D eigenvalue weighted by molar-refractivity contribution is 9.10. The van der Waals surface area contributed by atoms with Crippen LogP contribution >= 0.6 is 31.9 Å². The van der Waals surface area contributed by atoms with E-state index in [0.29, 0.717) is 6.61 Å². The Balaban J connectivity index is 2.98. The molecule has 0 aliphatic carbocycles. The Hall–Kier alpha value is -0.0200. The topological polar surface area (TPSA) is 9.23 Å². The number of halogens is 2.